The lowest BCUT2D eigenvalue weighted by molar-refractivity contribution is -0.128. The maximum atomic E-state index is 12.0. The summed E-state index contributed by atoms with van der Waals surface area (Å²) >= 11 is 0. The highest BCUT2D eigenvalue weighted by Crippen LogP contribution is 2.25. The number of amides is 1. The molecule has 0 atom stereocenters. The highest BCUT2D eigenvalue weighted by atomic mass is 16.2. The fraction of sp³-hybridized carbons (Fsp3) is 0.500. The summed E-state index contributed by atoms with van der Waals surface area (Å²) in [6.07, 6.45) is 2.79. The molecule has 1 aromatic rings. The number of aryl methyl sites for hydroxylation is 1. The molecule has 18 heavy (non-hydrogen) atoms. The van der Waals surface area contributed by atoms with E-state index in [1.54, 1.807) is 6.20 Å². The molecule has 96 valence electrons. The molecule has 0 aliphatic rings. The Kier molecular flexibility index (Phi) is 4.85. The number of carbonyl (C=O) groups is 1. The van der Waals surface area contributed by atoms with Crippen LogP contribution in [0.15, 0.2) is 18.3 Å². The summed E-state index contributed by atoms with van der Waals surface area (Å²) in [5.74, 6) is -0.199. The maximum Gasteiger partial charge on any atom is 0.240 e. The first-order valence-electron chi connectivity index (χ1n) is 6.19. The van der Waals surface area contributed by atoms with Crippen molar-refractivity contribution in [1.82, 2.24) is 10.3 Å². The topological polar surface area (TPSA) is 65.8 Å². The van der Waals surface area contributed by atoms with Gasteiger partial charge < -0.3 is 5.32 Å². The van der Waals surface area contributed by atoms with Crippen LogP contribution >= 0.6 is 0 Å². The molecular weight excluding hydrogens is 226 g/mol. The van der Waals surface area contributed by atoms with E-state index in [2.05, 4.69) is 16.4 Å². The van der Waals surface area contributed by atoms with Crippen LogP contribution in [0.3, 0.4) is 0 Å². The van der Waals surface area contributed by atoms with Crippen molar-refractivity contribution >= 4 is 5.91 Å². The van der Waals surface area contributed by atoms with Crippen LogP contribution in [0.4, 0.5) is 0 Å². The number of pyridine rings is 1. The zero-order chi connectivity index (χ0) is 13.6. The first kappa shape index (κ1) is 14.2. The minimum atomic E-state index is -0.905. The van der Waals surface area contributed by atoms with Gasteiger partial charge in [0, 0.05) is 18.4 Å². The van der Waals surface area contributed by atoms with Crippen molar-refractivity contribution in [3.8, 4) is 6.07 Å². The minimum Gasteiger partial charge on any atom is -0.351 e. The van der Waals surface area contributed by atoms with Crippen LogP contribution < -0.4 is 5.32 Å². The van der Waals surface area contributed by atoms with Crippen LogP contribution in [0.25, 0.3) is 0 Å². The molecule has 0 aromatic carbocycles. The van der Waals surface area contributed by atoms with Crippen molar-refractivity contribution in [3.63, 3.8) is 0 Å². The van der Waals surface area contributed by atoms with E-state index in [0.717, 1.165) is 11.3 Å². The fourth-order valence-electron chi connectivity index (χ4n) is 1.73. The highest BCUT2D eigenvalue weighted by Gasteiger charge is 2.34. The van der Waals surface area contributed by atoms with Crippen LogP contribution in [-0.4, -0.2) is 10.9 Å². The predicted molar refractivity (Wildman–Crippen MR) is 69.4 cm³/mol. The van der Waals surface area contributed by atoms with E-state index >= 15 is 0 Å². The van der Waals surface area contributed by atoms with E-state index in [1.807, 2.05) is 32.9 Å². The first-order valence-corrected chi connectivity index (χ1v) is 6.19. The Morgan fingerprint density at radius 2 is 2.11 bits per heavy atom. The van der Waals surface area contributed by atoms with Crippen LogP contribution in [0.2, 0.25) is 0 Å². The maximum absolute atomic E-state index is 12.0. The summed E-state index contributed by atoms with van der Waals surface area (Å²) in [7, 11) is 0. The van der Waals surface area contributed by atoms with Crippen molar-refractivity contribution < 1.29 is 4.79 Å². The predicted octanol–water partition coefficient (Wildman–Crippen LogP) is 2.34. The standard InChI is InChI=1S/C14H19N3O/c1-4-14(5-2,10-15)13(18)17-9-12-7-6-11(3)16-8-12/h6-8H,4-5,9H2,1-3H3,(H,17,18). The summed E-state index contributed by atoms with van der Waals surface area (Å²) in [5.41, 5.74) is 0.976. The quantitative estimate of drug-likeness (QED) is 0.865. The fourth-order valence-corrected chi connectivity index (χ4v) is 1.73. The molecule has 1 amide bonds. The zero-order valence-electron chi connectivity index (χ0n) is 11.2. The molecular formula is C14H19N3O. The largest absolute Gasteiger partial charge is 0.351 e. The summed E-state index contributed by atoms with van der Waals surface area (Å²) < 4.78 is 0. The molecule has 4 nitrogen and oxygen atoms in total. The average Bonchev–Trinajstić information content (AvgIpc) is 2.41. The lowest BCUT2D eigenvalue weighted by atomic mass is 9.83. The van der Waals surface area contributed by atoms with Gasteiger partial charge in [-0.1, -0.05) is 19.9 Å². The van der Waals surface area contributed by atoms with E-state index in [-0.39, 0.29) is 5.91 Å². The van der Waals surface area contributed by atoms with Gasteiger partial charge in [0.15, 0.2) is 0 Å². The number of hydrogen-bond acceptors (Lipinski definition) is 3. The number of nitrogens with one attached hydrogen (secondary N) is 1. The minimum absolute atomic E-state index is 0.199. The van der Waals surface area contributed by atoms with Crippen molar-refractivity contribution in [2.75, 3.05) is 0 Å². The Hall–Kier alpha value is -1.89. The smallest absolute Gasteiger partial charge is 0.240 e. The summed E-state index contributed by atoms with van der Waals surface area (Å²) in [6, 6.07) is 5.96. The van der Waals surface area contributed by atoms with Crippen LogP contribution in [-0.2, 0) is 11.3 Å². The molecule has 0 aliphatic carbocycles. The number of rotatable bonds is 5. The van der Waals surface area contributed by atoms with Crippen molar-refractivity contribution in [3.05, 3.63) is 29.6 Å². The molecule has 4 heteroatoms. The van der Waals surface area contributed by atoms with Gasteiger partial charge in [0.05, 0.1) is 6.07 Å². The Bertz CT molecular complexity index is 441. The Balaban J connectivity index is 2.66. The molecule has 0 saturated carbocycles. The summed E-state index contributed by atoms with van der Waals surface area (Å²) in [5, 5.41) is 12.0. The van der Waals surface area contributed by atoms with Crippen molar-refractivity contribution in [2.24, 2.45) is 5.41 Å². The molecule has 0 spiro atoms. The molecule has 1 rings (SSSR count). The average molecular weight is 245 g/mol. The lowest BCUT2D eigenvalue weighted by Gasteiger charge is -2.22. The second-order valence-electron chi connectivity index (χ2n) is 4.39. The van der Waals surface area contributed by atoms with Crippen molar-refractivity contribution in [1.29, 1.82) is 5.26 Å². The molecule has 1 heterocycles. The highest BCUT2D eigenvalue weighted by molar-refractivity contribution is 5.85. The van der Waals surface area contributed by atoms with Gasteiger partial charge in [-0.25, -0.2) is 0 Å². The molecule has 0 fully saturated rings. The van der Waals surface area contributed by atoms with Gasteiger partial charge >= 0.3 is 0 Å². The first-order chi connectivity index (χ1) is 8.57. The van der Waals surface area contributed by atoms with Gasteiger partial charge in [-0.2, -0.15) is 5.26 Å². The molecule has 1 aromatic heterocycles. The Morgan fingerprint density at radius 3 is 2.56 bits per heavy atom. The van der Waals surface area contributed by atoms with E-state index in [4.69, 9.17) is 5.26 Å². The number of nitrogens with zero attached hydrogens (tertiary/aromatic N) is 2. The summed E-state index contributed by atoms with van der Waals surface area (Å²) in [4.78, 5) is 16.2. The molecule has 0 unspecified atom stereocenters. The van der Waals surface area contributed by atoms with Crippen LogP contribution in [0.1, 0.15) is 37.9 Å². The van der Waals surface area contributed by atoms with Gasteiger partial charge in [0.1, 0.15) is 5.41 Å². The summed E-state index contributed by atoms with van der Waals surface area (Å²) in [6.45, 7) is 6.05. The third-order valence-corrected chi connectivity index (χ3v) is 3.28. The normalized spacial score (nSPS) is 10.8. The number of nitriles is 1. The van der Waals surface area contributed by atoms with E-state index in [1.165, 1.54) is 0 Å². The van der Waals surface area contributed by atoms with E-state index in [9.17, 15) is 4.79 Å². The number of aromatic nitrogens is 1. The van der Waals surface area contributed by atoms with Crippen molar-refractivity contribution in [2.45, 2.75) is 40.2 Å². The number of hydrogen-bond donors (Lipinski definition) is 1. The van der Waals surface area contributed by atoms with E-state index in [0.29, 0.717) is 19.4 Å². The zero-order valence-corrected chi connectivity index (χ0v) is 11.2. The SMILES string of the molecule is CCC(C#N)(CC)C(=O)NCc1ccc(C)nc1. The number of carbonyl (C=O) groups excluding carboxylic acids is 1. The van der Waals surface area contributed by atoms with E-state index < -0.39 is 5.41 Å². The van der Waals surface area contributed by atoms with Gasteiger partial charge in [0.25, 0.3) is 0 Å². The Labute approximate surface area is 108 Å². The van der Waals surface area contributed by atoms with Gasteiger partial charge in [0.2, 0.25) is 5.91 Å². The van der Waals surface area contributed by atoms with Crippen LogP contribution in [0, 0.1) is 23.7 Å². The lowest BCUT2D eigenvalue weighted by Crippen LogP contribution is -2.39. The van der Waals surface area contributed by atoms with Gasteiger partial charge in [-0.05, 0) is 31.4 Å². The second-order valence-corrected chi connectivity index (χ2v) is 4.39. The second kappa shape index (κ2) is 6.15. The molecule has 0 saturated heterocycles. The molecule has 0 radical (unpaired) electrons. The van der Waals surface area contributed by atoms with Crippen LogP contribution in [0.5, 0.6) is 0 Å². The molecule has 0 bridgehead atoms. The molecule has 0 aliphatic heterocycles. The third-order valence-electron chi connectivity index (χ3n) is 3.28. The monoisotopic (exact) mass is 245 g/mol. The van der Waals surface area contributed by atoms with Gasteiger partial charge in [-0.3, -0.25) is 9.78 Å². The molecule has 1 N–H and O–H groups in total. The van der Waals surface area contributed by atoms with Gasteiger partial charge in [-0.15, -0.1) is 0 Å². The third kappa shape index (κ3) is 3.07. The Morgan fingerprint density at radius 1 is 1.44 bits per heavy atom.